The fraction of sp³-hybridized carbons (Fsp3) is 0.529. The van der Waals surface area contributed by atoms with E-state index in [1.54, 1.807) is 12.1 Å². The number of benzene rings is 1. The number of hydrogen-bond acceptors (Lipinski definition) is 1. The number of ether oxygens (including phenoxy) is 1. The van der Waals surface area contributed by atoms with E-state index in [-0.39, 0.29) is 17.8 Å². The second-order valence-electron chi connectivity index (χ2n) is 5.74. The minimum Gasteiger partial charge on any atom is -0.487 e. The first kappa shape index (κ1) is 15.2. The molecule has 1 aromatic rings. The summed E-state index contributed by atoms with van der Waals surface area (Å²) in [7, 11) is 0. The van der Waals surface area contributed by atoms with Crippen LogP contribution in [0.4, 0.5) is 4.39 Å². The molecule has 0 N–H and O–H groups in total. The van der Waals surface area contributed by atoms with Crippen molar-refractivity contribution in [3.05, 3.63) is 29.6 Å². The number of alkyl halides is 1. The summed E-state index contributed by atoms with van der Waals surface area (Å²) in [6.45, 7) is 4.45. The van der Waals surface area contributed by atoms with Gasteiger partial charge in [0, 0.05) is 5.56 Å². The monoisotopic (exact) mass is 294 g/mol. The quantitative estimate of drug-likeness (QED) is 0.571. The summed E-state index contributed by atoms with van der Waals surface area (Å²) in [5.41, 5.74) is 0.735. The van der Waals surface area contributed by atoms with Crippen molar-refractivity contribution in [2.45, 2.75) is 39.2 Å². The van der Waals surface area contributed by atoms with E-state index in [9.17, 15) is 4.39 Å². The first-order valence-electron chi connectivity index (χ1n) is 7.09. The van der Waals surface area contributed by atoms with Crippen LogP contribution < -0.4 is 4.74 Å². The lowest BCUT2D eigenvalue weighted by molar-refractivity contribution is 0.0970. The van der Waals surface area contributed by atoms with Gasteiger partial charge in [-0.05, 0) is 49.3 Å². The Hall–Kier alpha value is -1.20. The molecule has 0 amide bonds. The van der Waals surface area contributed by atoms with Gasteiger partial charge in [0.2, 0.25) is 0 Å². The predicted octanol–water partition coefficient (Wildman–Crippen LogP) is 4.62. The Labute approximate surface area is 125 Å². The molecular formula is C17H20ClFO. The van der Waals surface area contributed by atoms with Crippen LogP contribution in [-0.4, -0.2) is 12.0 Å². The highest BCUT2D eigenvalue weighted by atomic mass is 35.5. The lowest BCUT2D eigenvalue weighted by Crippen LogP contribution is -2.28. The van der Waals surface area contributed by atoms with Crippen LogP contribution in [0, 0.1) is 29.5 Å². The summed E-state index contributed by atoms with van der Waals surface area (Å²) >= 11 is 5.53. The molecule has 1 aliphatic carbocycles. The second-order valence-corrected chi connectivity index (χ2v) is 6.01. The van der Waals surface area contributed by atoms with Crippen LogP contribution >= 0.6 is 11.6 Å². The SMILES string of the molecule is CC1CC(C)CC(Oc2cc(C#CCCl)ccc2F)C1. The van der Waals surface area contributed by atoms with E-state index >= 15 is 0 Å². The maximum atomic E-state index is 13.8. The minimum absolute atomic E-state index is 0.0967. The molecular weight excluding hydrogens is 275 g/mol. The van der Waals surface area contributed by atoms with Gasteiger partial charge in [-0.25, -0.2) is 4.39 Å². The van der Waals surface area contributed by atoms with Crippen LogP contribution in [0.15, 0.2) is 18.2 Å². The second kappa shape index (κ2) is 6.99. The highest BCUT2D eigenvalue weighted by Crippen LogP contribution is 2.32. The van der Waals surface area contributed by atoms with Crippen LogP contribution in [0.3, 0.4) is 0 Å². The van der Waals surface area contributed by atoms with E-state index in [4.69, 9.17) is 16.3 Å². The standard InChI is InChI=1S/C17H20ClFO/c1-12-8-13(2)10-15(9-12)20-17-11-14(4-3-7-18)5-6-16(17)19/h5-6,11-13,15H,7-10H2,1-2H3. The molecule has 0 radical (unpaired) electrons. The molecule has 3 heteroatoms. The van der Waals surface area contributed by atoms with Crippen molar-refractivity contribution in [2.24, 2.45) is 11.8 Å². The Bertz CT molecular complexity index is 507. The van der Waals surface area contributed by atoms with Gasteiger partial charge >= 0.3 is 0 Å². The fourth-order valence-corrected chi connectivity index (χ4v) is 3.02. The molecule has 0 heterocycles. The molecule has 20 heavy (non-hydrogen) atoms. The van der Waals surface area contributed by atoms with Gasteiger partial charge in [0.15, 0.2) is 11.6 Å². The van der Waals surface area contributed by atoms with Crippen LogP contribution in [-0.2, 0) is 0 Å². The van der Waals surface area contributed by atoms with E-state index in [1.807, 2.05) is 0 Å². The van der Waals surface area contributed by atoms with Crippen molar-refractivity contribution >= 4 is 11.6 Å². The van der Waals surface area contributed by atoms with Gasteiger partial charge in [-0.15, -0.1) is 11.6 Å². The summed E-state index contributed by atoms with van der Waals surface area (Å²) in [6, 6.07) is 4.72. The maximum Gasteiger partial charge on any atom is 0.165 e. The first-order valence-corrected chi connectivity index (χ1v) is 7.63. The van der Waals surface area contributed by atoms with Crippen LogP contribution in [0.5, 0.6) is 5.75 Å². The summed E-state index contributed by atoms with van der Waals surface area (Å²) in [5.74, 6) is 7.16. The zero-order chi connectivity index (χ0) is 14.5. The predicted molar refractivity (Wildman–Crippen MR) is 80.6 cm³/mol. The van der Waals surface area contributed by atoms with Gasteiger partial charge in [-0.2, -0.15) is 0 Å². The highest BCUT2D eigenvalue weighted by Gasteiger charge is 2.25. The Morgan fingerprint density at radius 3 is 2.60 bits per heavy atom. The van der Waals surface area contributed by atoms with Gasteiger partial charge in [0.25, 0.3) is 0 Å². The maximum absolute atomic E-state index is 13.8. The normalized spacial score (nSPS) is 25.7. The molecule has 1 aliphatic rings. The lowest BCUT2D eigenvalue weighted by Gasteiger charge is -2.31. The molecule has 2 atom stereocenters. The zero-order valence-electron chi connectivity index (χ0n) is 12.0. The van der Waals surface area contributed by atoms with Gasteiger partial charge in [-0.3, -0.25) is 0 Å². The first-order chi connectivity index (χ1) is 9.58. The molecule has 0 spiro atoms. The largest absolute Gasteiger partial charge is 0.487 e. The summed E-state index contributed by atoms with van der Waals surface area (Å²) < 4.78 is 19.7. The van der Waals surface area contributed by atoms with Crippen molar-refractivity contribution in [3.63, 3.8) is 0 Å². The molecule has 0 saturated heterocycles. The van der Waals surface area contributed by atoms with Gasteiger partial charge in [-0.1, -0.05) is 25.7 Å². The van der Waals surface area contributed by atoms with Crippen LogP contribution in [0.25, 0.3) is 0 Å². The molecule has 1 aromatic carbocycles. The third-order valence-electron chi connectivity index (χ3n) is 3.66. The molecule has 2 unspecified atom stereocenters. The molecule has 108 valence electrons. The fourth-order valence-electron chi connectivity index (χ4n) is 2.96. The summed E-state index contributed by atoms with van der Waals surface area (Å²) in [4.78, 5) is 0. The van der Waals surface area contributed by atoms with Crippen molar-refractivity contribution in [3.8, 4) is 17.6 Å². The molecule has 0 aromatic heterocycles. The van der Waals surface area contributed by atoms with Crippen molar-refractivity contribution < 1.29 is 9.13 Å². The Morgan fingerprint density at radius 2 is 1.95 bits per heavy atom. The average Bonchev–Trinajstić information content (AvgIpc) is 2.38. The average molecular weight is 295 g/mol. The van der Waals surface area contributed by atoms with E-state index in [0.717, 1.165) is 18.4 Å². The van der Waals surface area contributed by atoms with E-state index in [2.05, 4.69) is 25.7 Å². The summed E-state index contributed by atoms with van der Waals surface area (Å²) in [5, 5.41) is 0. The van der Waals surface area contributed by atoms with E-state index in [1.165, 1.54) is 12.5 Å². The third-order valence-corrected chi connectivity index (χ3v) is 3.79. The highest BCUT2D eigenvalue weighted by molar-refractivity contribution is 6.19. The molecule has 0 aliphatic heterocycles. The molecule has 0 bridgehead atoms. The van der Waals surface area contributed by atoms with Crippen molar-refractivity contribution in [2.75, 3.05) is 5.88 Å². The Morgan fingerprint density at radius 1 is 1.25 bits per heavy atom. The van der Waals surface area contributed by atoms with Crippen LogP contribution in [0.2, 0.25) is 0 Å². The molecule has 1 saturated carbocycles. The van der Waals surface area contributed by atoms with Gasteiger partial charge < -0.3 is 4.74 Å². The Balaban J connectivity index is 2.11. The smallest absolute Gasteiger partial charge is 0.165 e. The van der Waals surface area contributed by atoms with E-state index in [0.29, 0.717) is 17.6 Å². The third kappa shape index (κ3) is 4.15. The summed E-state index contributed by atoms with van der Waals surface area (Å²) in [6.07, 6.45) is 3.30. The molecule has 2 rings (SSSR count). The lowest BCUT2D eigenvalue weighted by atomic mass is 9.82. The number of rotatable bonds is 2. The van der Waals surface area contributed by atoms with Crippen molar-refractivity contribution in [1.29, 1.82) is 0 Å². The zero-order valence-corrected chi connectivity index (χ0v) is 12.7. The van der Waals surface area contributed by atoms with Gasteiger partial charge in [0.05, 0.1) is 12.0 Å². The van der Waals surface area contributed by atoms with Crippen molar-refractivity contribution in [1.82, 2.24) is 0 Å². The van der Waals surface area contributed by atoms with Crippen LogP contribution in [0.1, 0.15) is 38.7 Å². The molecule has 1 fully saturated rings. The minimum atomic E-state index is -0.327. The molecule has 1 nitrogen and oxygen atoms in total. The Kier molecular flexibility index (Phi) is 5.31. The van der Waals surface area contributed by atoms with Gasteiger partial charge in [0.1, 0.15) is 0 Å². The number of halogens is 2. The topological polar surface area (TPSA) is 9.23 Å². The van der Waals surface area contributed by atoms with E-state index < -0.39 is 0 Å². The number of hydrogen-bond donors (Lipinski definition) is 0.